The van der Waals surface area contributed by atoms with Gasteiger partial charge in [0.25, 0.3) is 0 Å². The molecule has 2 atom stereocenters. The molecule has 1 aliphatic rings. The number of nitrogens with one attached hydrogen (secondary N) is 1. The fourth-order valence-corrected chi connectivity index (χ4v) is 2.23. The van der Waals surface area contributed by atoms with E-state index in [1.165, 1.54) is 0 Å². The van der Waals surface area contributed by atoms with Gasteiger partial charge < -0.3 is 19.5 Å². The van der Waals surface area contributed by atoms with Crippen LogP contribution in [0.1, 0.15) is 13.3 Å². The summed E-state index contributed by atoms with van der Waals surface area (Å²) in [4.78, 5) is 0. The van der Waals surface area contributed by atoms with Crippen molar-refractivity contribution in [2.45, 2.75) is 19.4 Å². The summed E-state index contributed by atoms with van der Waals surface area (Å²) < 4.78 is 16.0. The van der Waals surface area contributed by atoms with Crippen LogP contribution in [0.4, 0.5) is 5.69 Å². The second-order valence-corrected chi connectivity index (χ2v) is 4.62. The number of hydrogen-bond acceptors (Lipinski definition) is 4. The van der Waals surface area contributed by atoms with Crippen molar-refractivity contribution in [1.82, 2.24) is 0 Å². The van der Waals surface area contributed by atoms with Crippen LogP contribution in [0.5, 0.6) is 11.5 Å². The summed E-state index contributed by atoms with van der Waals surface area (Å²) >= 11 is 0. The van der Waals surface area contributed by atoms with E-state index in [0.717, 1.165) is 36.8 Å². The number of ether oxygens (including phenoxy) is 3. The molecule has 0 aliphatic carbocycles. The summed E-state index contributed by atoms with van der Waals surface area (Å²) in [5.74, 6) is 2.17. The summed E-state index contributed by atoms with van der Waals surface area (Å²) in [6, 6.07) is 6.18. The maximum atomic E-state index is 5.42. The van der Waals surface area contributed by atoms with Gasteiger partial charge in [0.15, 0.2) is 0 Å². The predicted octanol–water partition coefficient (Wildman–Crippen LogP) is 2.54. The van der Waals surface area contributed by atoms with Crippen LogP contribution in [0.25, 0.3) is 0 Å². The van der Waals surface area contributed by atoms with Gasteiger partial charge in [-0.05, 0) is 25.5 Å². The average Bonchev–Trinajstić information content (AvgIpc) is 2.93. The Labute approximate surface area is 108 Å². The zero-order valence-electron chi connectivity index (χ0n) is 11.2. The topological polar surface area (TPSA) is 39.7 Å². The van der Waals surface area contributed by atoms with Crippen LogP contribution in [0.2, 0.25) is 0 Å². The minimum atomic E-state index is 0.370. The van der Waals surface area contributed by atoms with E-state index in [1.807, 2.05) is 18.2 Å². The summed E-state index contributed by atoms with van der Waals surface area (Å²) in [5, 5.41) is 3.49. The normalized spacial score (nSPS) is 20.5. The van der Waals surface area contributed by atoms with Crippen molar-refractivity contribution in [3.63, 3.8) is 0 Å². The van der Waals surface area contributed by atoms with Crippen molar-refractivity contribution in [1.29, 1.82) is 0 Å². The minimum absolute atomic E-state index is 0.370. The monoisotopic (exact) mass is 251 g/mol. The summed E-state index contributed by atoms with van der Waals surface area (Å²) in [6.07, 6.45) is 1.12. The van der Waals surface area contributed by atoms with Crippen molar-refractivity contribution in [2.75, 3.05) is 32.8 Å². The Balaban J connectivity index is 2.07. The number of anilines is 1. The SMILES string of the molecule is COc1ccc(NC(C)C2CCOC2)c(OC)c1. The molecule has 2 unspecified atom stereocenters. The fraction of sp³-hybridized carbons (Fsp3) is 0.571. The van der Waals surface area contributed by atoms with E-state index < -0.39 is 0 Å². The number of methoxy groups -OCH3 is 2. The lowest BCUT2D eigenvalue weighted by Crippen LogP contribution is -2.26. The molecular weight excluding hydrogens is 230 g/mol. The van der Waals surface area contributed by atoms with Gasteiger partial charge in [-0.1, -0.05) is 0 Å². The molecule has 0 spiro atoms. The highest BCUT2D eigenvalue weighted by molar-refractivity contribution is 5.59. The molecule has 0 bridgehead atoms. The van der Waals surface area contributed by atoms with Crippen molar-refractivity contribution in [3.8, 4) is 11.5 Å². The van der Waals surface area contributed by atoms with Crippen LogP contribution in [-0.2, 0) is 4.74 Å². The smallest absolute Gasteiger partial charge is 0.145 e. The van der Waals surface area contributed by atoms with Crippen molar-refractivity contribution in [2.24, 2.45) is 5.92 Å². The molecule has 1 aliphatic heterocycles. The van der Waals surface area contributed by atoms with Crippen LogP contribution in [0, 0.1) is 5.92 Å². The molecular formula is C14H21NO3. The molecule has 2 rings (SSSR count). The molecule has 1 saturated heterocycles. The second kappa shape index (κ2) is 5.96. The Kier molecular flexibility index (Phi) is 4.31. The van der Waals surface area contributed by atoms with Gasteiger partial charge in [0.05, 0.1) is 26.5 Å². The zero-order valence-corrected chi connectivity index (χ0v) is 11.2. The molecule has 4 heteroatoms. The Morgan fingerprint density at radius 1 is 1.33 bits per heavy atom. The molecule has 100 valence electrons. The van der Waals surface area contributed by atoms with E-state index >= 15 is 0 Å². The molecule has 18 heavy (non-hydrogen) atoms. The van der Waals surface area contributed by atoms with Crippen molar-refractivity contribution < 1.29 is 14.2 Å². The first-order valence-electron chi connectivity index (χ1n) is 6.31. The lowest BCUT2D eigenvalue weighted by atomic mass is 10.0. The zero-order chi connectivity index (χ0) is 13.0. The minimum Gasteiger partial charge on any atom is -0.497 e. The van der Waals surface area contributed by atoms with E-state index in [0.29, 0.717) is 12.0 Å². The lowest BCUT2D eigenvalue weighted by molar-refractivity contribution is 0.183. The molecule has 0 amide bonds. The van der Waals surface area contributed by atoms with E-state index in [1.54, 1.807) is 14.2 Å². The quantitative estimate of drug-likeness (QED) is 0.873. The first-order valence-corrected chi connectivity index (χ1v) is 6.31. The van der Waals surface area contributed by atoms with Gasteiger partial charge in [0.2, 0.25) is 0 Å². The highest BCUT2D eigenvalue weighted by Gasteiger charge is 2.22. The van der Waals surface area contributed by atoms with Gasteiger partial charge in [-0.15, -0.1) is 0 Å². The molecule has 1 aromatic carbocycles. The first-order chi connectivity index (χ1) is 8.74. The number of benzene rings is 1. The maximum Gasteiger partial charge on any atom is 0.145 e. The third kappa shape index (κ3) is 2.88. The highest BCUT2D eigenvalue weighted by atomic mass is 16.5. The van der Waals surface area contributed by atoms with Crippen molar-refractivity contribution >= 4 is 5.69 Å². The predicted molar refractivity (Wildman–Crippen MR) is 71.6 cm³/mol. The Morgan fingerprint density at radius 3 is 2.78 bits per heavy atom. The first kappa shape index (κ1) is 13.0. The standard InChI is InChI=1S/C14H21NO3/c1-10(11-6-7-18-9-11)15-13-5-4-12(16-2)8-14(13)17-3/h4-5,8,10-11,15H,6-7,9H2,1-3H3. The van der Waals surface area contributed by atoms with Crippen LogP contribution >= 0.6 is 0 Å². The van der Waals surface area contributed by atoms with Gasteiger partial charge in [-0.25, -0.2) is 0 Å². The second-order valence-electron chi connectivity index (χ2n) is 4.62. The summed E-state index contributed by atoms with van der Waals surface area (Å²) in [5.41, 5.74) is 0.998. The molecule has 4 nitrogen and oxygen atoms in total. The van der Waals surface area contributed by atoms with E-state index in [2.05, 4.69) is 12.2 Å². The van der Waals surface area contributed by atoms with E-state index in [4.69, 9.17) is 14.2 Å². The van der Waals surface area contributed by atoms with Gasteiger partial charge in [-0.3, -0.25) is 0 Å². The van der Waals surface area contributed by atoms with Crippen LogP contribution in [0.15, 0.2) is 18.2 Å². The van der Waals surface area contributed by atoms with Crippen LogP contribution < -0.4 is 14.8 Å². The molecule has 1 fully saturated rings. The fourth-order valence-electron chi connectivity index (χ4n) is 2.23. The van der Waals surface area contributed by atoms with Gasteiger partial charge in [-0.2, -0.15) is 0 Å². The average molecular weight is 251 g/mol. The summed E-state index contributed by atoms with van der Waals surface area (Å²) in [6.45, 7) is 3.89. The Bertz CT molecular complexity index is 389. The molecule has 0 aromatic heterocycles. The number of hydrogen-bond donors (Lipinski definition) is 1. The van der Waals surface area contributed by atoms with E-state index in [-0.39, 0.29) is 0 Å². The third-order valence-electron chi connectivity index (χ3n) is 3.46. The van der Waals surface area contributed by atoms with Gasteiger partial charge in [0.1, 0.15) is 11.5 Å². The maximum absolute atomic E-state index is 5.42. The highest BCUT2D eigenvalue weighted by Crippen LogP contribution is 2.31. The third-order valence-corrected chi connectivity index (χ3v) is 3.46. The van der Waals surface area contributed by atoms with Crippen LogP contribution in [0.3, 0.4) is 0 Å². The van der Waals surface area contributed by atoms with Crippen LogP contribution in [-0.4, -0.2) is 33.5 Å². The van der Waals surface area contributed by atoms with Gasteiger partial charge >= 0.3 is 0 Å². The number of rotatable bonds is 5. The lowest BCUT2D eigenvalue weighted by Gasteiger charge is -2.22. The molecule has 0 radical (unpaired) electrons. The Morgan fingerprint density at radius 2 is 2.17 bits per heavy atom. The molecule has 1 aromatic rings. The van der Waals surface area contributed by atoms with E-state index in [9.17, 15) is 0 Å². The molecule has 0 saturated carbocycles. The largest absolute Gasteiger partial charge is 0.497 e. The van der Waals surface area contributed by atoms with Gasteiger partial charge in [0, 0.05) is 24.6 Å². The molecule has 1 heterocycles. The summed E-state index contributed by atoms with van der Waals surface area (Å²) in [7, 11) is 3.32. The Hall–Kier alpha value is -1.42. The molecule has 1 N–H and O–H groups in total. The van der Waals surface area contributed by atoms with Crippen molar-refractivity contribution in [3.05, 3.63) is 18.2 Å².